The molecule has 24 heavy (non-hydrogen) atoms. The first-order chi connectivity index (χ1) is 11.4. The number of hydrogen-bond acceptors (Lipinski definition) is 5. The van der Waals surface area contributed by atoms with Gasteiger partial charge in [0.1, 0.15) is 6.61 Å². The Bertz CT molecular complexity index is 767. The highest BCUT2D eigenvalue weighted by atomic mass is 35.5. The number of non-ortho nitro benzene ring substituents is 1. The summed E-state index contributed by atoms with van der Waals surface area (Å²) in [6.45, 7) is 1.28. The standard InChI is InChI=1S/C16H16ClN3O4/c1-10(14-6-5-13(20(23)24)8-15(14)17)18-11-3-2-4-12(7-11)19-16(22)9-21/h2-8,10,18,21H,9H2,1H3,(H,19,22). The van der Waals surface area contributed by atoms with Crippen LogP contribution < -0.4 is 10.6 Å². The maximum absolute atomic E-state index is 11.2. The first-order valence-electron chi connectivity index (χ1n) is 7.12. The number of nitro benzene ring substituents is 1. The number of aliphatic hydroxyl groups excluding tert-OH is 1. The summed E-state index contributed by atoms with van der Waals surface area (Å²) in [5.74, 6) is -0.501. The van der Waals surface area contributed by atoms with E-state index >= 15 is 0 Å². The molecule has 1 amide bonds. The van der Waals surface area contributed by atoms with Gasteiger partial charge in [-0.3, -0.25) is 14.9 Å². The predicted octanol–water partition coefficient (Wildman–Crippen LogP) is 3.35. The van der Waals surface area contributed by atoms with Gasteiger partial charge < -0.3 is 15.7 Å². The molecule has 3 N–H and O–H groups in total. The number of carbonyl (C=O) groups excluding carboxylic acids is 1. The van der Waals surface area contributed by atoms with E-state index in [0.29, 0.717) is 16.3 Å². The van der Waals surface area contributed by atoms with E-state index in [1.54, 1.807) is 24.3 Å². The Balaban J connectivity index is 2.15. The minimum absolute atomic E-state index is 0.0651. The zero-order valence-electron chi connectivity index (χ0n) is 12.8. The molecule has 0 spiro atoms. The molecule has 0 saturated carbocycles. The summed E-state index contributed by atoms with van der Waals surface area (Å²) in [5, 5.41) is 25.6. The normalized spacial score (nSPS) is 11.6. The van der Waals surface area contributed by atoms with E-state index in [4.69, 9.17) is 16.7 Å². The number of amides is 1. The van der Waals surface area contributed by atoms with Crippen LogP contribution in [0.1, 0.15) is 18.5 Å². The zero-order chi connectivity index (χ0) is 17.7. The summed E-state index contributed by atoms with van der Waals surface area (Å²) >= 11 is 6.12. The third-order valence-corrected chi connectivity index (χ3v) is 3.66. The van der Waals surface area contributed by atoms with Crippen molar-refractivity contribution < 1.29 is 14.8 Å². The van der Waals surface area contributed by atoms with Crippen LogP contribution in [0, 0.1) is 10.1 Å². The minimum Gasteiger partial charge on any atom is -0.387 e. The van der Waals surface area contributed by atoms with Crippen molar-refractivity contribution in [2.24, 2.45) is 0 Å². The van der Waals surface area contributed by atoms with Crippen LogP contribution in [0.3, 0.4) is 0 Å². The molecule has 126 valence electrons. The van der Waals surface area contributed by atoms with Crippen molar-refractivity contribution in [3.63, 3.8) is 0 Å². The number of nitro groups is 1. The monoisotopic (exact) mass is 349 g/mol. The lowest BCUT2D eigenvalue weighted by atomic mass is 10.1. The van der Waals surface area contributed by atoms with Gasteiger partial charge in [0.2, 0.25) is 5.91 Å². The van der Waals surface area contributed by atoms with Crippen molar-refractivity contribution >= 4 is 34.6 Å². The Morgan fingerprint density at radius 1 is 1.29 bits per heavy atom. The second-order valence-corrected chi connectivity index (χ2v) is 5.52. The van der Waals surface area contributed by atoms with Crippen LogP contribution in [-0.4, -0.2) is 22.5 Å². The molecule has 0 aliphatic carbocycles. The highest BCUT2D eigenvalue weighted by molar-refractivity contribution is 6.31. The van der Waals surface area contributed by atoms with Crippen LogP contribution in [-0.2, 0) is 4.79 Å². The molecule has 0 fully saturated rings. The Hall–Kier alpha value is -2.64. The maximum atomic E-state index is 11.2. The van der Waals surface area contributed by atoms with Crippen LogP contribution in [0.5, 0.6) is 0 Å². The fourth-order valence-corrected chi connectivity index (χ4v) is 2.53. The fourth-order valence-electron chi connectivity index (χ4n) is 2.20. The maximum Gasteiger partial charge on any atom is 0.270 e. The van der Waals surface area contributed by atoms with E-state index in [1.165, 1.54) is 12.1 Å². The Labute approximate surface area is 143 Å². The number of benzene rings is 2. The molecule has 8 heteroatoms. The molecule has 0 heterocycles. The fraction of sp³-hybridized carbons (Fsp3) is 0.188. The van der Waals surface area contributed by atoms with E-state index < -0.39 is 17.4 Å². The lowest BCUT2D eigenvalue weighted by Gasteiger charge is -2.17. The molecule has 0 aliphatic rings. The average Bonchev–Trinajstić information content (AvgIpc) is 2.54. The number of carbonyl (C=O) groups is 1. The van der Waals surface area contributed by atoms with Gasteiger partial charge in [0, 0.05) is 29.5 Å². The minimum atomic E-state index is -0.591. The van der Waals surface area contributed by atoms with E-state index in [0.717, 1.165) is 5.69 Å². The van der Waals surface area contributed by atoms with E-state index in [9.17, 15) is 14.9 Å². The number of nitrogens with zero attached hydrogens (tertiary/aromatic N) is 1. The van der Waals surface area contributed by atoms with Gasteiger partial charge in [-0.05, 0) is 36.8 Å². The molecular weight excluding hydrogens is 334 g/mol. The summed E-state index contributed by atoms with van der Waals surface area (Å²) in [7, 11) is 0. The summed E-state index contributed by atoms with van der Waals surface area (Å²) in [4.78, 5) is 21.5. The summed E-state index contributed by atoms with van der Waals surface area (Å²) in [6, 6.07) is 11.1. The van der Waals surface area contributed by atoms with Gasteiger partial charge in [-0.15, -0.1) is 0 Å². The lowest BCUT2D eigenvalue weighted by molar-refractivity contribution is -0.384. The predicted molar refractivity (Wildman–Crippen MR) is 92.3 cm³/mol. The topological polar surface area (TPSA) is 104 Å². The number of hydrogen-bond donors (Lipinski definition) is 3. The summed E-state index contributed by atoms with van der Waals surface area (Å²) in [6.07, 6.45) is 0. The number of aliphatic hydroxyl groups is 1. The molecule has 2 aromatic rings. The second-order valence-electron chi connectivity index (χ2n) is 5.12. The Kier molecular flexibility index (Phi) is 5.73. The molecule has 2 aromatic carbocycles. The third kappa shape index (κ3) is 4.43. The quantitative estimate of drug-likeness (QED) is 0.548. The summed E-state index contributed by atoms with van der Waals surface area (Å²) in [5.41, 5.74) is 1.92. The van der Waals surface area contributed by atoms with Crippen LogP contribution in [0.4, 0.5) is 17.1 Å². The molecule has 0 aromatic heterocycles. The molecule has 7 nitrogen and oxygen atoms in total. The highest BCUT2D eigenvalue weighted by Crippen LogP contribution is 2.29. The Morgan fingerprint density at radius 2 is 2.00 bits per heavy atom. The van der Waals surface area contributed by atoms with Gasteiger partial charge in [0.15, 0.2) is 0 Å². The molecule has 2 rings (SSSR count). The average molecular weight is 350 g/mol. The van der Waals surface area contributed by atoms with Crippen LogP contribution in [0.2, 0.25) is 5.02 Å². The van der Waals surface area contributed by atoms with Crippen molar-refractivity contribution in [3.8, 4) is 0 Å². The van der Waals surface area contributed by atoms with Crippen LogP contribution in [0.25, 0.3) is 0 Å². The first kappa shape index (κ1) is 17.7. The molecular formula is C16H16ClN3O4. The molecule has 0 saturated heterocycles. The van der Waals surface area contributed by atoms with E-state index in [-0.39, 0.29) is 11.7 Å². The second kappa shape index (κ2) is 7.76. The van der Waals surface area contributed by atoms with Gasteiger partial charge in [-0.1, -0.05) is 17.7 Å². The Morgan fingerprint density at radius 3 is 2.62 bits per heavy atom. The molecule has 1 atom stereocenters. The molecule has 0 radical (unpaired) electrons. The molecule has 1 unspecified atom stereocenters. The van der Waals surface area contributed by atoms with Crippen LogP contribution >= 0.6 is 11.6 Å². The van der Waals surface area contributed by atoms with Gasteiger partial charge in [-0.25, -0.2) is 0 Å². The largest absolute Gasteiger partial charge is 0.387 e. The van der Waals surface area contributed by atoms with Gasteiger partial charge in [0.25, 0.3) is 5.69 Å². The highest BCUT2D eigenvalue weighted by Gasteiger charge is 2.14. The van der Waals surface area contributed by atoms with Gasteiger partial charge >= 0.3 is 0 Å². The van der Waals surface area contributed by atoms with Crippen molar-refractivity contribution in [1.29, 1.82) is 0 Å². The summed E-state index contributed by atoms with van der Waals surface area (Å²) < 4.78 is 0. The van der Waals surface area contributed by atoms with E-state index in [1.807, 2.05) is 13.0 Å². The van der Waals surface area contributed by atoms with Crippen molar-refractivity contribution in [1.82, 2.24) is 0 Å². The number of nitrogens with one attached hydrogen (secondary N) is 2. The van der Waals surface area contributed by atoms with Gasteiger partial charge in [-0.2, -0.15) is 0 Å². The number of halogens is 1. The van der Waals surface area contributed by atoms with Crippen molar-refractivity contribution in [3.05, 3.63) is 63.2 Å². The van der Waals surface area contributed by atoms with Crippen molar-refractivity contribution in [2.75, 3.05) is 17.2 Å². The van der Waals surface area contributed by atoms with Crippen LogP contribution in [0.15, 0.2) is 42.5 Å². The molecule has 0 aliphatic heterocycles. The SMILES string of the molecule is CC(Nc1cccc(NC(=O)CO)c1)c1ccc([N+](=O)[O-])cc1Cl. The third-order valence-electron chi connectivity index (χ3n) is 3.33. The van der Waals surface area contributed by atoms with Crippen molar-refractivity contribution in [2.45, 2.75) is 13.0 Å². The lowest BCUT2D eigenvalue weighted by Crippen LogP contribution is -2.15. The number of anilines is 2. The van der Waals surface area contributed by atoms with Gasteiger partial charge in [0.05, 0.1) is 9.95 Å². The number of rotatable bonds is 6. The zero-order valence-corrected chi connectivity index (χ0v) is 13.6. The smallest absolute Gasteiger partial charge is 0.270 e. The first-order valence-corrected chi connectivity index (χ1v) is 7.49. The van der Waals surface area contributed by atoms with E-state index in [2.05, 4.69) is 10.6 Å². The molecule has 0 bridgehead atoms.